The molecule has 26 atom stereocenters. The fourth-order valence-corrected chi connectivity index (χ4v) is 23.4. The van der Waals surface area contributed by atoms with Crippen LogP contribution in [-0.2, 0) is 112 Å². The molecule has 0 radical (unpaired) electrons. The van der Waals surface area contributed by atoms with Crippen LogP contribution in [0.2, 0.25) is 0 Å². The van der Waals surface area contributed by atoms with Gasteiger partial charge in [-0.25, -0.2) is 8.42 Å². The van der Waals surface area contributed by atoms with Crippen LogP contribution in [0.25, 0.3) is 0 Å². The van der Waals surface area contributed by atoms with Gasteiger partial charge in [-0.2, -0.15) is 0 Å². The van der Waals surface area contributed by atoms with Crippen LogP contribution < -0.4 is 21.0 Å². The molecule has 2 heterocycles. The zero-order valence-electron chi connectivity index (χ0n) is 59.0. The van der Waals surface area contributed by atoms with E-state index >= 15 is 0 Å². The molecule has 10 aliphatic rings. The van der Waals surface area contributed by atoms with E-state index in [2.05, 4.69) is 64.5 Å². The highest BCUT2D eigenvalue weighted by atomic mass is 32.2. The molecule has 33 nitrogen and oxygen atoms in total. The van der Waals surface area contributed by atoms with Gasteiger partial charge in [0.05, 0.1) is 53.5 Å². The third kappa shape index (κ3) is 18.1. The summed E-state index contributed by atoms with van der Waals surface area (Å²) in [6.07, 6.45) is -8.90. The van der Waals surface area contributed by atoms with E-state index in [4.69, 9.17) is 45.2 Å². The molecular formula is C67H94O33S5-4. The minimum absolute atomic E-state index is 0.00271. The number of carboxylic acid groups (broad SMARTS) is 2. The van der Waals surface area contributed by atoms with E-state index in [1.807, 2.05) is 13.8 Å². The highest BCUT2D eigenvalue weighted by Gasteiger charge is 2.69. The zero-order valence-corrected chi connectivity index (χ0v) is 63.1. The summed E-state index contributed by atoms with van der Waals surface area (Å²) in [6, 6.07) is 6.09. The lowest BCUT2D eigenvalue weighted by molar-refractivity contribution is -0.778. The summed E-state index contributed by atoms with van der Waals surface area (Å²) in [4.78, 5) is 52.2. The van der Waals surface area contributed by atoms with Crippen LogP contribution in [0.3, 0.4) is 0 Å². The van der Waals surface area contributed by atoms with Gasteiger partial charge in [0.1, 0.15) is 36.6 Å². The molecule has 11 rings (SSSR count). The molecule has 2 saturated heterocycles. The lowest BCUT2D eigenvalue weighted by Gasteiger charge is -2.62. The number of esters is 2. The van der Waals surface area contributed by atoms with E-state index in [9.17, 15) is 74.2 Å². The zero-order chi connectivity index (χ0) is 76.1. The summed E-state index contributed by atoms with van der Waals surface area (Å²) >= 11 is 0.251. The number of aliphatic hydroxyl groups is 3. The number of carboxylic acids is 2. The molecule has 16 unspecified atom stereocenters. The van der Waals surface area contributed by atoms with Crippen LogP contribution in [0, 0.1) is 87.8 Å². The van der Waals surface area contributed by atoms with Gasteiger partial charge in [0, 0.05) is 23.7 Å². The quantitative estimate of drug-likeness (QED) is 0.0120. The van der Waals surface area contributed by atoms with Crippen molar-refractivity contribution in [1.29, 1.82) is 0 Å². The smallest absolute Gasteiger partial charge is 0.306 e. The average molecular weight is 1590 g/mol. The maximum atomic E-state index is 13.9. The summed E-state index contributed by atoms with van der Waals surface area (Å²) in [6.45, 7) is 21.0. The van der Waals surface area contributed by atoms with Crippen molar-refractivity contribution < 1.29 is 157 Å². The number of aliphatic hydroxyl groups excluding tert-OH is 3. The number of sulfone groups is 1. The molecule has 2 aliphatic heterocycles. The van der Waals surface area contributed by atoms with Gasteiger partial charge < -0.3 is 75.0 Å². The first-order chi connectivity index (χ1) is 49.9. The highest BCUT2D eigenvalue weighted by Crippen LogP contribution is 2.73. The fraction of sp³-hybridized carbons (Fsp3) is 0.791. The molecule has 0 aromatic heterocycles. The van der Waals surface area contributed by atoms with Crippen LogP contribution in [0.15, 0.2) is 53.5 Å². The van der Waals surface area contributed by atoms with Crippen molar-refractivity contribution >= 4 is 83.0 Å². The predicted molar refractivity (Wildman–Crippen MR) is 354 cm³/mol. The van der Waals surface area contributed by atoms with Crippen LogP contribution in [0.5, 0.6) is 0 Å². The molecule has 38 heteroatoms. The number of aliphatic carboxylic acids is 2. The molecule has 594 valence electrons. The Kier molecular flexibility index (Phi) is 29.1. The molecule has 105 heavy (non-hydrogen) atoms. The van der Waals surface area contributed by atoms with Gasteiger partial charge in [-0.15, -0.1) is 17.3 Å². The molecular weight excluding hydrogens is 1490 g/mol. The maximum Gasteiger partial charge on any atom is 0.306 e. The number of hydrogen-bond acceptors (Lipinski definition) is 35. The standard InChI is InChI=1S/C37H52O17S3.C30H46O16S2/c1-19(2)14-29(38)48-32-31(50-56-54-52-43)30(49-55-53-51-42)27(18-57(44,45)24-9-6-20(3)7-10-24)47-35(32)46-23-15-25(34(40)41)26-12-13-37-16-22(21(4)33(37)39)8-11-28(37)36(26,5)17-23;1-14(2)9-22(32)40-25-24(42-48-46-44-37)23(41-47-45-43-36)20(13-31)39-28(25)38-17-10-18(27(34)35)19-7-8-30-11-16(15(3)26(30)33)5-6-21(30)29(19,4)12-17/h6-7,9-10,19,22-23,25-28,30-33,35,39,42-43H,4,8,11-18H2,1-3,5H3,(H,40,41);14,16-21,23-26,28,31,33,36-37H,3,5-13H2,1-2,4H3,(H,34,35)/p-4/t22?,23?,25?,26?,27-,28?,30+,31-,32?,33-,35+,36?,37?;16?,17?,18?,19?,20-,21?,23+,24-,25?,26-,28+,29?,30?/m00/s1. The van der Waals surface area contributed by atoms with Crippen LogP contribution in [0.4, 0.5) is 0 Å². The predicted octanol–water partition coefficient (Wildman–Crippen LogP) is 5.06. The van der Waals surface area contributed by atoms with Crippen molar-refractivity contribution in [2.24, 2.45) is 80.8 Å². The number of benzene rings is 1. The molecule has 8 aliphatic carbocycles. The van der Waals surface area contributed by atoms with Gasteiger partial charge in [-0.1, -0.05) is 72.4 Å². The first-order valence-electron chi connectivity index (χ1n) is 35.2. The number of carbonyl (C=O) groups excluding carboxylic acids is 2. The topological polar surface area (TPSA) is 462 Å². The SMILES string of the molecule is C=C1C2CCC3C4(C)CC(O[C@@H]5O[C@@H](CO)[C@@H](OSOO[O-])[C@H](OSOO[O-])C5OC(=O)CC(C)C)CC(C(=O)O)C4CCC3(C2)[C@H]1O.C=C1C2CCC3C4(C)CC(O[C@@H]5O[C@@H](CS(=O)(=O)c6ccc(C)cc6)[C@@H](OSOO[O-])[C@H](OSOO[O-])C5OC(=O)CC(C)C)CC(C(=O)O)C4CCC3(C2)[C@H]1O. The van der Waals surface area contributed by atoms with Crippen molar-refractivity contribution in [3.63, 3.8) is 0 Å². The lowest BCUT2D eigenvalue weighted by atomic mass is 9.43. The Hall–Kier alpha value is -2.99. The Labute approximate surface area is 625 Å². The second kappa shape index (κ2) is 36.2. The molecule has 4 bridgehead atoms. The van der Waals surface area contributed by atoms with Crippen molar-refractivity contribution in [3.8, 4) is 0 Å². The second-order valence-corrected chi connectivity index (χ2v) is 35.0. The average Bonchev–Trinajstić information content (AvgIpc) is 1.61. The first kappa shape index (κ1) is 84.5. The van der Waals surface area contributed by atoms with Gasteiger partial charge in [0.2, 0.25) is 0 Å². The summed E-state index contributed by atoms with van der Waals surface area (Å²) in [5.41, 5.74) is 0.547. The second-order valence-electron chi connectivity index (χ2n) is 31.1. The number of fused-ring (bicyclic) bond motifs is 6. The summed E-state index contributed by atoms with van der Waals surface area (Å²) in [5, 5.41) is 111. The summed E-state index contributed by atoms with van der Waals surface area (Å²) in [5.74, 6) is -5.87. The number of ether oxygens (including phenoxy) is 6. The van der Waals surface area contributed by atoms with Crippen molar-refractivity contribution in [2.75, 3.05) is 12.4 Å². The van der Waals surface area contributed by atoms with E-state index in [0.29, 0.717) is 32.1 Å². The van der Waals surface area contributed by atoms with E-state index in [1.165, 1.54) is 12.1 Å². The molecule has 0 amide bonds. The molecule has 8 saturated carbocycles. The molecule has 1 aromatic carbocycles. The van der Waals surface area contributed by atoms with E-state index in [1.54, 1.807) is 32.9 Å². The van der Waals surface area contributed by atoms with E-state index in [0.717, 1.165) is 61.7 Å². The Morgan fingerprint density at radius 1 is 0.571 bits per heavy atom. The van der Waals surface area contributed by atoms with E-state index < -0.39 is 160 Å². The Balaban J connectivity index is 0.000000228. The Bertz CT molecular complexity index is 3250. The normalized spacial score (nSPS) is 39.8. The first-order valence-corrected chi connectivity index (χ1v) is 39.5. The maximum absolute atomic E-state index is 13.9. The monoisotopic (exact) mass is 1590 g/mol. The van der Waals surface area contributed by atoms with Crippen LogP contribution >= 0.6 is 49.3 Å². The Morgan fingerprint density at radius 2 is 0.952 bits per heavy atom. The Morgan fingerprint density at radius 3 is 1.32 bits per heavy atom. The van der Waals surface area contributed by atoms with Crippen LogP contribution in [0.1, 0.15) is 150 Å². The number of aryl methyl sites for hydroxylation is 1. The highest BCUT2D eigenvalue weighted by molar-refractivity contribution is 7.91. The van der Waals surface area contributed by atoms with Gasteiger partial charge in [0.15, 0.2) is 83.9 Å². The van der Waals surface area contributed by atoms with Crippen molar-refractivity contribution in [2.45, 2.75) is 242 Å². The molecule has 5 N–H and O–H groups in total. The molecule has 1 aromatic rings. The van der Waals surface area contributed by atoms with Crippen molar-refractivity contribution in [1.82, 2.24) is 0 Å². The number of carbonyl (C=O) groups is 4. The minimum Gasteiger partial charge on any atom is -0.691 e. The van der Waals surface area contributed by atoms with Gasteiger partial charge in [-0.05, 0) is 178 Å². The van der Waals surface area contributed by atoms with Crippen LogP contribution in [-0.4, -0.2) is 156 Å². The largest absolute Gasteiger partial charge is 0.691 e. The lowest BCUT2D eigenvalue weighted by Crippen LogP contribution is -2.63. The third-order valence-electron chi connectivity index (χ3n) is 24.5. The fourth-order valence-electron chi connectivity index (χ4n) is 20.4. The third-order valence-corrected chi connectivity index (χ3v) is 27.9. The van der Waals surface area contributed by atoms with Gasteiger partial charge in [-0.3, -0.25) is 56.1 Å². The summed E-state index contributed by atoms with van der Waals surface area (Å²) < 4.78 is 105. The van der Waals surface area contributed by atoms with E-state index in [-0.39, 0.29) is 133 Å². The number of hydrogen-bond donors (Lipinski definition) is 5. The van der Waals surface area contributed by atoms with Gasteiger partial charge >= 0.3 is 23.9 Å². The summed E-state index contributed by atoms with van der Waals surface area (Å²) in [7, 11) is -4.16. The number of rotatable bonds is 32. The molecule has 2 spiro atoms. The van der Waals surface area contributed by atoms with Crippen molar-refractivity contribution in [3.05, 3.63) is 54.1 Å². The minimum atomic E-state index is -4.16. The molecule has 10 fully saturated rings. The van der Waals surface area contributed by atoms with Gasteiger partial charge in [0.25, 0.3) is 0 Å².